The molecular formula is C26H21BrN4O2S2. The second-order valence-electron chi connectivity index (χ2n) is 8.60. The highest BCUT2D eigenvalue weighted by Crippen LogP contribution is 2.38. The van der Waals surface area contributed by atoms with Gasteiger partial charge in [-0.2, -0.15) is 5.26 Å². The molecular weight excluding hydrogens is 544 g/mol. The number of benzene rings is 1. The average molecular weight is 566 g/mol. The van der Waals surface area contributed by atoms with Crippen LogP contribution in [-0.2, 0) is 22.4 Å². The van der Waals surface area contributed by atoms with Crippen molar-refractivity contribution >= 4 is 68.2 Å². The normalized spacial score (nSPS) is 16.9. The third kappa shape index (κ3) is 4.05. The number of fused-ring (bicyclic) bond motifs is 1. The number of hydrogen-bond donors (Lipinski definition) is 1. The van der Waals surface area contributed by atoms with E-state index in [0.717, 1.165) is 57.7 Å². The van der Waals surface area contributed by atoms with Crippen LogP contribution in [0.5, 0.6) is 0 Å². The zero-order valence-electron chi connectivity index (χ0n) is 19.1. The number of nitrogens with zero attached hydrogens (tertiary/aromatic N) is 3. The van der Waals surface area contributed by atoms with Gasteiger partial charge in [0.05, 0.1) is 11.3 Å². The molecule has 0 atom stereocenters. The Balaban J connectivity index is 1.58. The number of nitrogens with one attached hydrogen (secondary N) is 1. The molecule has 3 aromatic rings. The van der Waals surface area contributed by atoms with Crippen molar-refractivity contribution in [3.63, 3.8) is 0 Å². The van der Waals surface area contributed by atoms with Gasteiger partial charge in [0, 0.05) is 20.7 Å². The van der Waals surface area contributed by atoms with Crippen molar-refractivity contribution in [2.75, 3.05) is 4.90 Å². The van der Waals surface area contributed by atoms with E-state index in [1.165, 1.54) is 15.3 Å². The first-order valence-corrected chi connectivity index (χ1v) is 13.2. The molecule has 3 heterocycles. The van der Waals surface area contributed by atoms with E-state index >= 15 is 0 Å². The van der Waals surface area contributed by atoms with Gasteiger partial charge in [-0.1, -0.05) is 22.0 Å². The lowest BCUT2D eigenvalue weighted by Crippen LogP contribution is -2.54. The molecule has 35 heavy (non-hydrogen) atoms. The van der Waals surface area contributed by atoms with Crippen LogP contribution in [0, 0.1) is 25.2 Å². The van der Waals surface area contributed by atoms with Gasteiger partial charge in [0.2, 0.25) is 0 Å². The third-order valence-electron chi connectivity index (χ3n) is 6.41. The molecule has 6 nitrogen and oxygen atoms in total. The number of thiocarbonyl (C=S) groups is 1. The van der Waals surface area contributed by atoms with E-state index in [2.05, 4.69) is 31.9 Å². The summed E-state index contributed by atoms with van der Waals surface area (Å²) >= 11 is 10.4. The number of amides is 2. The lowest BCUT2D eigenvalue weighted by atomic mass is 9.96. The van der Waals surface area contributed by atoms with Crippen molar-refractivity contribution in [3.05, 3.63) is 73.3 Å². The van der Waals surface area contributed by atoms with E-state index in [-0.39, 0.29) is 10.7 Å². The van der Waals surface area contributed by atoms with Gasteiger partial charge in [-0.3, -0.25) is 19.8 Å². The van der Waals surface area contributed by atoms with Gasteiger partial charge >= 0.3 is 0 Å². The molecule has 9 heteroatoms. The maximum absolute atomic E-state index is 13.4. The first kappa shape index (κ1) is 23.7. The zero-order valence-corrected chi connectivity index (χ0v) is 22.4. The quantitative estimate of drug-likeness (QED) is 0.259. The zero-order chi connectivity index (χ0) is 24.9. The van der Waals surface area contributed by atoms with Crippen LogP contribution in [0.4, 0.5) is 5.69 Å². The molecule has 176 valence electrons. The Labute approximate surface area is 221 Å². The number of rotatable bonds is 3. The number of hydrogen-bond acceptors (Lipinski definition) is 5. The predicted octanol–water partition coefficient (Wildman–Crippen LogP) is 5.50. The molecule has 1 fully saturated rings. The minimum absolute atomic E-state index is 0.00445. The highest BCUT2D eigenvalue weighted by atomic mass is 79.9. The van der Waals surface area contributed by atoms with Crippen molar-refractivity contribution in [1.82, 2.24) is 9.88 Å². The Morgan fingerprint density at radius 3 is 2.71 bits per heavy atom. The molecule has 1 N–H and O–H groups in total. The van der Waals surface area contributed by atoms with E-state index < -0.39 is 11.8 Å². The van der Waals surface area contributed by atoms with Crippen molar-refractivity contribution in [1.29, 1.82) is 5.26 Å². The standard InChI is InChI=1S/C26H21BrN4O2S2/c1-14-10-16(15(2)30(14)25-21(13-28)19-8-3-4-9-22(19)35-25)11-20-23(32)29-26(34)31(24(20)33)18-7-5-6-17(27)12-18/h5-7,10-12H,3-4,8-9H2,1-2H3,(H,29,32,34)/b20-11+. The van der Waals surface area contributed by atoms with E-state index in [1.54, 1.807) is 35.6 Å². The van der Waals surface area contributed by atoms with Crippen molar-refractivity contribution in [3.8, 4) is 11.1 Å². The molecule has 1 aliphatic heterocycles. The van der Waals surface area contributed by atoms with E-state index in [9.17, 15) is 14.9 Å². The summed E-state index contributed by atoms with van der Waals surface area (Å²) in [7, 11) is 0. The summed E-state index contributed by atoms with van der Waals surface area (Å²) in [4.78, 5) is 28.8. The van der Waals surface area contributed by atoms with E-state index in [4.69, 9.17) is 12.2 Å². The van der Waals surface area contributed by atoms with Crippen LogP contribution in [0.3, 0.4) is 0 Å². The van der Waals surface area contributed by atoms with Crippen molar-refractivity contribution in [2.24, 2.45) is 0 Å². The fraction of sp³-hybridized carbons (Fsp3) is 0.231. The molecule has 5 rings (SSSR count). The maximum atomic E-state index is 13.4. The summed E-state index contributed by atoms with van der Waals surface area (Å²) in [6.45, 7) is 3.92. The largest absolute Gasteiger partial charge is 0.308 e. The first-order valence-electron chi connectivity index (χ1n) is 11.2. The number of halogens is 1. The van der Waals surface area contributed by atoms with Crippen LogP contribution in [0.1, 0.15) is 45.8 Å². The minimum atomic E-state index is -0.527. The summed E-state index contributed by atoms with van der Waals surface area (Å²) in [6, 6.07) is 11.6. The molecule has 1 aliphatic carbocycles. The Bertz CT molecular complexity index is 1490. The van der Waals surface area contributed by atoms with Gasteiger partial charge < -0.3 is 4.57 Å². The fourth-order valence-electron chi connectivity index (χ4n) is 4.73. The van der Waals surface area contributed by atoms with Crippen LogP contribution >= 0.6 is 39.5 Å². The molecule has 2 amide bonds. The van der Waals surface area contributed by atoms with Gasteiger partial charge in [0.25, 0.3) is 11.8 Å². The van der Waals surface area contributed by atoms with E-state index in [0.29, 0.717) is 5.69 Å². The van der Waals surface area contributed by atoms with Crippen molar-refractivity contribution in [2.45, 2.75) is 39.5 Å². The van der Waals surface area contributed by atoms with Crippen LogP contribution in [-0.4, -0.2) is 21.5 Å². The van der Waals surface area contributed by atoms with Crippen LogP contribution < -0.4 is 10.2 Å². The van der Waals surface area contributed by atoms with Crippen LogP contribution in [0.15, 0.2) is 40.4 Å². The second-order valence-corrected chi connectivity index (χ2v) is 11.0. The molecule has 1 saturated heterocycles. The molecule has 2 aliphatic rings. The minimum Gasteiger partial charge on any atom is -0.308 e. The summed E-state index contributed by atoms with van der Waals surface area (Å²) < 4.78 is 2.86. The average Bonchev–Trinajstić information content (AvgIpc) is 3.32. The molecule has 0 unspecified atom stereocenters. The summed E-state index contributed by atoms with van der Waals surface area (Å²) in [5, 5.41) is 13.5. The molecule has 2 aromatic heterocycles. The number of aryl methyl sites for hydroxylation is 2. The van der Waals surface area contributed by atoms with Gasteiger partial charge in [0.1, 0.15) is 16.6 Å². The summed E-state index contributed by atoms with van der Waals surface area (Å²) in [6.07, 6.45) is 5.80. The lowest BCUT2D eigenvalue weighted by molar-refractivity contribution is -0.122. The Kier molecular flexibility index (Phi) is 6.21. The topological polar surface area (TPSA) is 78.1 Å². The second kappa shape index (κ2) is 9.19. The van der Waals surface area contributed by atoms with Crippen LogP contribution in [0.2, 0.25) is 0 Å². The van der Waals surface area contributed by atoms with Gasteiger partial charge in [-0.25, -0.2) is 0 Å². The van der Waals surface area contributed by atoms with E-state index in [1.807, 2.05) is 26.0 Å². The van der Waals surface area contributed by atoms with Crippen molar-refractivity contribution < 1.29 is 9.59 Å². The highest BCUT2D eigenvalue weighted by molar-refractivity contribution is 9.10. The van der Waals surface area contributed by atoms with Gasteiger partial charge in [-0.15, -0.1) is 11.3 Å². The van der Waals surface area contributed by atoms with Gasteiger partial charge in [0.15, 0.2) is 5.11 Å². The SMILES string of the molecule is Cc1cc(/C=C2\C(=O)NC(=S)N(c3cccc(Br)c3)C2=O)c(C)n1-c1sc2c(c1C#N)CCCC2. The molecule has 0 spiro atoms. The van der Waals surface area contributed by atoms with Gasteiger partial charge in [-0.05, 0) is 93.2 Å². The monoisotopic (exact) mass is 564 g/mol. The first-order chi connectivity index (χ1) is 16.8. The molecule has 0 bridgehead atoms. The Morgan fingerprint density at radius 1 is 1.20 bits per heavy atom. The molecule has 0 radical (unpaired) electrons. The number of thiophene rings is 1. The summed E-state index contributed by atoms with van der Waals surface area (Å²) in [5.74, 6) is -1.01. The number of carbonyl (C=O) groups is 2. The lowest BCUT2D eigenvalue weighted by Gasteiger charge is -2.29. The third-order valence-corrected chi connectivity index (χ3v) is 8.46. The fourth-order valence-corrected chi connectivity index (χ4v) is 6.85. The number of nitriles is 1. The number of carbonyl (C=O) groups excluding carboxylic acids is 2. The molecule has 1 aromatic carbocycles. The maximum Gasteiger partial charge on any atom is 0.270 e. The number of aromatic nitrogens is 1. The highest BCUT2D eigenvalue weighted by Gasteiger charge is 2.35. The Morgan fingerprint density at radius 2 is 1.97 bits per heavy atom. The predicted molar refractivity (Wildman–Crippen MR) is 145 cm³/mol. The summed E-state index contributed by atoms with van der Waals surface area (Å²) in [5.41, 5.74) is 5.03. The number of anilines is 1. The Hall–Kier alpha value is -3.06. The van der Waals surface area contributed by atoms with Crippen LogP contribution in [0.25, 0.3) is 11.1 Å². The molecule has 0 saturated carbocycles. The smallest absolute Gasteiger partial charge is 0.270 e.